The number of carbonyl (C=O) groups is 1. The van der Waals surface area contributed by atoms with E-state index in [1.54, 1.807) is 24.0 Å². The van der Waals surface area contributed by atoms with Crippen molar-refractivity contribution in [3.05, 3.63) is 59.5 Å². The van der Waals surface area contributed by atoms with Crippen molar-refractivity contribution in [2.45, 2.75) is 19.3 Å². The molecular formula is C18H16N4OS. The number of fused-ring (bicyclic) bond motifs is 1. The lowest BCUT2D eigenvalue weighted by atomic mass is 10.1. The van der Waals surface area contributed by atoms with E-state index >= 15 is 0 Å². The van der Waals surface area contributed by atoms with Crippen LogP contribution < -0.4 is 4.90 Å². The molecule has 0 fully saturated rings. The van der Waals surface area contributed by atoms with Crippen LogP contribution in [0.4, 0.5) is 5.69 Å². The van der Waals surface area contributed by atoms with Crippen LogP contribution in [0, 0.1) is 0 Å². The molecule has 24 heavy (non-hydrogen) atoms. The Balaban J connectivity index is 1.66. The van der Waals surface area contributed by atoms with E-state index < -0.39 is 0 Å². The zero-order valence-corrected chi connectivity index (χ0v) is 13.9. The van der Waals surface area contributed by atoms with Crippen LogP contribution in [0.25, 0.3) is 10.7 Å². The number of para-hydroxylation sites is 1. The lowest BCUT2D eigenvalue weighted by Crippen LogP contribution is -2.32. The minimum atomic E-state index is -0.0456. The molecule has 0 saturated carbocycles. The van der Waals surface area contributed by atoms with Crippen molar-refractivity contribution in [2.24, 2.45) is 0 Å². The predicted octanol–water partition coefficient (Wildman–Crippen LogP) is 3.58. The number of hydrogen-bond acceptors (Lipinski definition) is 5. The molecule has 3 heterocycles. The third-order valence-electron chi connectivity index (χ3n) is 4.11. The number of hydrogen-bond donors (Lipinski definition) is 0. The molecule has 0 radical (unpaired) electrons. The highest BCUT2D eigenvalue weighted by Gasteiger charge is 2.24. The van der Waals surface area contributed by atoms with Gasteiger partial charge in [0.15, 0.2) is 0 Å². The van der Waals surface area contributed by atoms with Gasteiger partial charge in [-0.3, -0.25) is 14.8 Å². The fourth-order valence-corrected chi connectivity index (χ4v) is 3.69. The van der Waals surface area contributed by atoms with Crippen molar-refractivity contribution in [2.75, 3.05) is 11.4 Å². The first-order valence-corrected chi connectivity index (χ1v) is 8.82. The minimum Gasteiger partial charge on any atom is -0.307 e. The second-order valence-electron chi connectivity index (χ2n) is 5.67. The van der Waals surface area contributed by atoms with Gasteiger partial charge in [-0.05, 0) is 30.9 Å². The van der Waals surface area contributed by atoms with Crippen molar-refractivity contribution >= 4 is 22.9 Å². The molecule has 0 atom stereocenters. The van der Waals surface area contributed by atoms with E-state index in [0.29, 0.717) is 11.4 Å². The van der Waals surface area contributed by atoms with Crippen molar-refractivity contribution in [3.8, 4) is 10.7 Å². The van der Waals surface area contributed by atoms with Crippen molar-refractivity contribution in [1.29, 1.82) is 0 Å². The third kappa shape index (κ3) is 2.80. The molecule has 3 aromatic rings. The van der Waals surface area contributed by atoms with Gasteiger partial charge in [0.25, 0.3) is 5.91 Å². The Morgan fingerprint density at radius 2 is 2.08 bits per heavy atom. The monoisotopic (exact) mass is 336 g/mol. The van der Waals surface area contributed by atoms with Crippen molar-refractivity contribution in [1.82, 2.24) is 15.0 Å². The number of thiazole rings is 1. The first-order valence-electron chi connectivity index (χ1n) is 7.94. The Kier molecular flexibility index (Phi) is 4.04. The maximum atomic E-state index is 13.0. The van der Waals surface area contributed by atoms with E-state index in [1.165, 1.54) is 16.9 Å². The second-order valence-corrected chi connectivity index (χ2v) is 6.53. The summed E-state index contributed by atoms with van der Waals surface area (Å²) in [5, 5.41) is 2.52. The highest BCUT2D eigenvalue weighted by Crippen LogP contribution is 2.28. The van der Waals surface area contributed by atoms with E-state index in [9.17, 15) is 4.79 Å². The Morgan fingerprint density at radius 3 is 2.96 bits per heavy atom. The molecule has 1 amide bonds. The smallest absolute Gasteiger partial charge is 0.277 e. The Labute approximate surface area is 144 Å². The van der Waals surface area contributed by atoms with E-state index in [1.807, 2.05) is 23.1 Å². The summed E-state index contributed by atoms with van der Waals surface area (Å²) in [6.45, 7) is 0.730. The molecule has 1 aliphatic rings. The number of carbonyl (C=O) groups excluding carboxylic acids is 1. The van der Waals surface area contributed by atoms with Gasteiger partial charge in [0, 0.05) is 30.0 Å². The summed E-state index contributed by atoms with van der Waals surface area (Å²) in [4.78, 5) is 27.6. The Bertz CT molecular complexity index is 862. The zero-order chi connectivity index (χ0) is 16.4. The van der Waals surface area contributed by atoms with Crippen LogP contribution in [0.1, 0.15) is 28.9 Å². The summed E-state index contributed by atoms with van der Waals surface area (Å²) in [5.74, 6) is -0.0456. The number of aromatic nitrogens is 3. The van der Waals surface area contributed by atoms with Gasteiger partial charge in [0.1, 0.15) is 16.4 Å². The fourth-order valence-electron chi connectivity index (χ4n) is 2.94. The molecule has 0 spiro atoms. The molecule has 120 valence electrons. The predicted molar refractivity (Wildman–Crippen MR) is 94.2 cm³/mol. The van der Waals surface area contributed by atoms with E-state index in [-0.39, 0.29) is 5.91 Å². The molecule has 1 aromatic carbocycles. The molecule has 1 aliphatic heterocycles. The van der Waals surface area contributed by atoms with Gasteiger partial charge < -0.3 is 4.90 Å². The summed E-state index contributed by atoms with van der Waals surface area (Å²) in [5.41, 5.74) is 3.40. The van der Waals surface area contributed by atoms with Gasteiger partial charge in [-0.15, -0.1) is 11.3 Å². The summed E-state index contributed by atoms with van der Waals surface area (Å²) in [7, 11) is 0. The summed E-state index contributed by atoms with van der Waals surface area (Å²) in [6, 6.07) is 8.14. The topological polar surface area (TPSA) is 59.0 Å². The second kappa shape index (κ2) is 6.49. The Hall–Kier alpha value is -2.60. The third-order valence-corrected chi connectivity index (χ3v) is 4.98. The molecule has 5 nitrogen and oxygen atoms in total. The fraction of sp³-hybridized carbons (Fsp3) is 0.222. The maximum absolute atomic E-state index is 13.0. The lowest BCUT2D eigenvalue weighted by Gasteiger charge is -2.21. The van der Waals surface area contributed by atoms with Gasteiger partial charge in [0.05, 0.1) is 6.20 Å². The number of amides is 1. The van der Waals surface area contributed by atoms with Crippen LogP contribution in [0.3, 0.4) is 0 Å². The van der Waals surface area contributed by atoms with Crippen molar-refractivity contribution < 1.29 is 4.79 Å². The normalized spacial score (nSPS) is 14.1. The standard InChI is InChI=1S/C18H16N4OS/c23-18(15-12-24-17(21-15)14-11-19-8-9-20-14)22-10-4-3-6-13-5-1-2-7-16(13)22/h1-2,5,7-9,11-12H,3-4,6,10H2. The van der Waals surface area contributed by atoms with Gasteiger partial charge in [-0.25, -0.2) is 4.98 Å². The van der Waals surface area contributed by atoms with Gasteiger partial charge in [0.2, 0.25) is 0 Å². The van der Waals surface area contributed by atoms with E-state index in [4.69, 9.17) is 0 Å². The molecule has 4 rings (SSSR count). The van der Waals surface area contributed by atoms with E-state index in [2.05, 4.69) is 21.0 Å². The summed E-state index contributed by atoms with van der Waals surface area (Å²) >= 11 is 1.42. The highest BCUT2D eigenvalue weighted by atomic mass is 32.1. The highest BCUT2D eigenvalue weighted by molar-refractivity contribution is 7.13. The minimum absolute atomic E-state index is 0.0456. The van der Waals surface area contributed by atoms with Crippen LogP contribution in [-0.2, 0) is 6.42 Å². The van der Waals surface area contributed by atoms with Crippen LogP contribution in [-0.4, -0.2) is 27.4 Å². The first-order chi connectivity index (χ1) is 11.8. The average molecular weight is 336 g/mol. The van der Waals surface area contributed by atoms with Crippen LogP contribution >= 0.6 is 11.3 Å². The molecule has 0 saturated heterocycles. The molecular weight excluding hydrogens is 320 g/mol. The Morgan fingerprint density at radius 1 is 1.17 bits per heavy atom. The molecule has 0 N–H and O–H groups in total. The number of anilines is 1. The molecule has 6 heteroatoms. The number of aryl methyl sites for hydroxylation is 1. The van der Waals surface area contributed by atoms with Crippen LogP contribution in [0.15, 0.2) is 48.2 Å². The van der Waals surface area contributed by atoms with Gasteiger partial charge in [-0.2, -0.15) is 0 Å². The molecule has 0 unspecified atom stereocenters. The van der Waals surface area contributed by atoms with Gasteiger partial charge in [-0.1, -0.05) is 18.2 Å². The molecule has 0 aliphatic carbocycles. The molecule has 0 bridgehead atoms. The van der Waals surface area contributed by atoms with E-state index in [0.717, 1.165) is 36.5 Å². The maximum Gasteiger partial charge on any atom is 0.277 e. The number of nitrogens with zero attached hydrogens (tertiary/aromatic N) is 4. The van der Waals surface area contributed by atoms with Crippen LogP contribution in [0.2, 0.25) is 0 Å². The lowest BCUT2D eigenvalue weighted by molar-refractivity contribution is 0.0983. The molecule has 2 aromatic heterocycles. The van der Waals surface area contributed by atoms with Gasteiger partial charge >= 0.3 is 0 Å². The summed E-state index contributed by atoms with van der Waals surface area (Å²) < 4.78 is 0. The van der Waals surface area contributed by atoms with Crippen molar-refractivity contribution in [3.63, 3.8) is 0 Å². The quantitative estimate of drug-likeness (QED) is 0.718. The zero-order valence-electron chi connectivity index (χ0n) is 13.1. The number of rotatable bonds is 2. The average Bonchev–Trinajstić information content (AvgIpc) is 3.03. The SMILES string of the molecule is O=C(c1csc(-c2cnccn2)n1)N1CCCCc2ccccc21. The van der Waals surface area contributed by atoms with Crippen LogP contribution in [0.5, 0.6) is 0 Å². The number of benzene rings is 1. The largest absolute Gasteiger partial charge is 0.307 e. The first kappa shape index (κ1) is 15.0. The summed E-state index contributed by atoms with van der Waals surface area (Å²) in [6.07, 6.45) is 8.03.